The summed E-state index contributed by atoms with van der Waals surface area (Å²) in [5.74, 6) is -0.199. The number of rotatable bonds is 2. The highest BCUT2D eigenvalue weighted by Gasteiger charge is 2.07. The number of carbonyl (C=O) groups is 1. The first kappa shape index (κ1) is 11.9. The van der Waals surface area contributed by atoms with Crippen molar-refractivity contribution in [3.05, 3.63) is 58.0 Å². The lowest BCUT2D eigenvalue weighted by molar-refractivity contribution is 0.102. The second kappa shape index (κ2) is 4.75. The Morgan fingerprint density at radius 3 is 2.72 bits per heavy atom. The van der Waals surface area contributed by atoms with Crippen LogP contribution in [0, 0.1) is 6.92 Å². The van der Waals surface area contributed by atoms with Crippen molar-refractivity contribution in [2.45, 2.75) is 6.92 Å². The molecular formula is C13H12N2O3. The molecule has 0 fully saturated rings. The fourth-order valence-electron chi connectivity index (χ4n) is 1.52. The number of phenols is 1. The van der Waals surface area contributed by atoms with Gasteiger partial charge in [-0.1, -0.05) is 0 Å². The van der Waals surface area contributed by atoms with Gasteiger partial charge in [0.05, 0.1) is 0 Å². The van der Waals surface area contributed by atoms with E-state index in [2.05, 4.69) is 10.3 Å². The zero-order valence-electron chi connectivity index (χ0n) is 9.73. The Morgan fingerprint density at radius 2 is 2.06 bits per heavy atom. The second-order valence-electron chi connectivity index (χ2n) is 3.90. The molecule has 0 saturated heterocycles. The first-order valence-electron chi connectivity index (χ1n) is 5.36. The summed E-state index contributed by atoms with van der Waals surface area (Å²) in [6, 6.07) is 7.49. The van der Waals surface area contributed by atoms with Gasteiger partial charge in [0.15, 0.2) is 0 Å². The molecular weight excluding hydrogens is 232 g/mol. The average molecular weight is 244 g/mol. The largest absolute Gasteiger partial charge is 0.508 e. The zero-order chi connectivity index (χ0) is 13.1. The van der Waals surface area contributed by atoms with Gasteiger partial charge in [0.2, 0.25) is 5.56 Å². The lowest BCUT2D eigenvalue weighted by Crippen LogP contribution is -2.15. The molecule has 0 aliphatic heterocycles. The summed E-state index contributed by atoms with van der Waals surface area (Å²) < 4.78 is 0. The van der Waals surface area contributed by atoms with E-state index in [0.717, 1.165) is 0 Å². The molecule has 0 aliphatic carbocycles. The molecule has 1 aromatic carbocycles. The van der Waals surface area contributed by atoms with Crippen LogP contribution in [0.3, 0.4) is 0 Å². The molecule has 0 saturated carbocycles. The third-order valence-corrected chi connectivity index (χ3v) is 2.49. The predicted octanol–water partition coefficient (Wildman–Crippen LogP) is 1.64. The number of carbonyl (C=O) groups excluding carboxylic acids is 1. The van der Waals surface area contributed by atoms with Crippen molar-refractivity contribution in [1.82, 2.24) is 4.98 Å². The molecule has 2 rings (SSSR count). The van der Waals surface area contributed by atoms with Crippen molar-refractivity contribution in [2.24, 2.45) is 0 Å². The lowest BCUT2D eigenvalue weighted by atomic mass is 10.2. The Kier molecular flexibility index (Phi) is 3.14. The fourth-order valence-corrected chi connectivity index (χ4v) is 1.52. The molecule has 0 spiro atoms. The number of aromatic amines is 1. The SMILES string of the molecule is Cc1cc(NC(=O)c2cc[nH]c(=O)c2)ccc1O. The van der Waals surface area contributed by atoms with E-state index in [1.807, 2.05) is 0 Å². The molecule has 0 radical (unpaired) electrons. The van der Waals surface area contributed by atoms with Gasteiger partial charge in [-0.05, 0) is 36.8 Å². The Balaban J connectivity index is 2.21. The number of hydrogen-bond acceptors (Lipinski definition) is 3. The highest BCUT2D eigenvalue weighted by Crippen LogP contribution is 2.20. The van der Waals surface area contributed by atoms with Gasteiger partial charge in [-0.25, -0.2) is 0 Å². The van der Waals surface area contributed by atoms with Gasteiger partial charge in [0.1, 0.15) is 5.75 Å². The molecule has 0 atom stereocenters. The summed E-state index contributed by atoms with van der Waals surface area (Å²) in [5.41, 5.74) is 1.18. The van der Waals surface area contributed by atoms with E-state index in [1.165, 1.54) is 24.4 Å². The van der Waals surface area contributed by atoms with Gasteiger partial charge >= 0.3 is 0 Å². The summed E-state index contributed by atoms with van der Waals surface area (Å²) in [6.07, 6.45) is 1.42. The van der Waals surface area contributed by atoms with E-state index in [9.17, 15) is 14.7 Å². The van der Waals surface area contributed by atoms with Crippen LogP contribution < -0.4 is 10.9 Å². The van der Waals surface area contributed by atoms with E-state index >= 15 is 0 Å². The van der Waals surface area contributed by atoms with Crippen LogP contribution in [0.5, 0.6) is 5.75 Å². The number of amides is 1. The van der Waals surface area contributed by atoms with Crippen LogP contribution in [-0.4, -0.2) is 16.0 Å². The van der Waals surface area contributed by atoms with Crippen molar-refractivity contribution in [3.63, 3.8) is 0 Å². The number of H-pyrrole nitrogens is 1. The number of phenolic OH excluding ortho intramolecular Hbond substituents is 1. The first-order chi connectivity index (χ1) is 8.56. The molecule has 1 heterocycles. The molecule has 3 N–H and O–H groups in total. The lowest BCUT2D eigenvalue weighted by Gasteiger charge is -2.06. The summed E-state index contributed by atoms with van der Waals surface area (Å²) in [5, 5.41) is 12.0. The smallest absolute Gasteiger partial charge is 0.255 e. The van der Waals surface area contributed by atoms with Crippen molar-refractivity contribution in [3.8, 4) is 5.75 Å². The number of aryl methyl sites for hydroxylation is 1. The third kappa shape index (κ3) is 2.57. The molecule has 5 heteroatoms. The average Bonchev–Trinajstić information content (AvgIpc) is 2.34. The van der Waals surface area contributed by atoms with Gasteiger partial charge in [-0.3, -0.25) is 9.59 Å². The minimum atomic E-state index is -0.369. The van der Waals surface area contributed by atoms with Crippen LogP contribution in [0.4, 0.5) is 5.69 Å². The zero-order valence-corrected chi connectivity index (χ0v) is 9.73. The van der Waals surface area contributed by atoms with E-state index < -0.39 is 0 Å². The molecule has 0 bridgehead atoms. The van der Waals surface area contributed by atoms with Gasteiger partial charge in [-0.2, -0.15) is 0 Å². The van der Waals surface area contributed by atoms with Gasteiger partial charge in [0.25, 0.3) is 5.91 Å². The molecule has 18 heavy (non-hydrogen) atoms. The van der Waals surface area contributed by atoms with Crippen LogP contribution >= 0.6 is 0 Å². The highest BCUT2D eigenvalue weighted by atomic mass is 16.3. The molecule has 92 valence electrons. The third-order valence-electron chi connectivity index (χ3n) is 2.49. The van der Waals surface area contributed by atoms with Crippen molar-refractivity contribution >= 4 is 11.6 Å². The van der Waals surface area contributed by atoms with Crippen molar-refractivity contribution in [1.29, 1.82) is 0 Å². The van der Waals surface area contributed by atoms with Crippen LogP contribution in [0.2, 0.25) is 0 Å². The van der Waals surface area contributed by atoms with E-state index in [0.29, 0.717) is 11.3 Å². The molecule has 0 unspecified atom stereocenters. The maximum atomic E-state index is 11.8. The van der Waals surface area contributed by atoms with Gasteiger partial charge < -0.3 is 15.4 Å². The summed E-state index contributed by atoms with van der Waals surface area (Å²) in [4.78, 5) is 25.4. The van der Waals surface area contributed by atoms with E-state index in [4.69, 9.17) is 0 Å². The minimum Gasteiger partial charge on any atom is -0.508 e. The number of nitrogens with one attached hydrogen (secondary N) is 2. The Bertz CT molecular complexity index is 647. The Labute approximate surface area is 103 Å². The maximum absolute atomic E-state index is 11.8. The van der Waals surface area contributed by atoms with Gasteiger partial charge in [0, 0.05) is 23.5 Å². The first-order valence-corrected chi connectivity index (χ1v) is 5.36. The van der Waals surface area contributed by atoms with Gasteiger partial charge in [-0.15, -0.1) is 0 Å². The summed E-state index contributed by atoms with van der Waals surface area (Å²) in [7, 11) is 0. The molecule has 1 aromatic heterocycles. The Hall–Kier alpha value is -2.56. The van der Waals surface area contributed by atoms with Crippen molar-refractivity contribution in [2.75, 3.05) is 5.32 Å². The molecule has 2 aromatic rings. The minimum absolute atomic E-state index is 0.171. The topological polar surface area (TPSA) is 82.2 Å². The normalized spacial score (nSPS) is 10.1. The number of benzene rings is 1. The maximum Gasteiger partial charge on any atom is 0.255 e. The summed E-state index contributed by atoms with van der Waals surface area (Å²) in [6.45, 7) is 1.73. The van der Waals surface area contributed by atoms with E-state index in [1.54, 1.807) is 19.1 Å². The van der Waals surface area contributed by atoms with Crippen LogP contribution in [0.15, 0.2) is 41.3 Å². The second-order valence-corrected chi connectivity index (χ2v) is 3.90. The number of aromatic nitrogens is 1. The molecule has 5 nitrogen and oxygen atoms in total. The van der Waals surface area contributed by atoms with Crippen molar-refractivity contribution < 1.29 is 9.90 Å². The standard InChI is InChI=1S/C13H12N2O3/c1-8-6-10(2-3-11(8)16)15-13(18)9-4-5-14-12(17)7-9/h2-7,16H,1H3,(H,14,17)(H,15,18). The van der Waals surface area contributed by atoms with Crippen LogP contribution in [0.25, 0.3) is 0 Å². The molecule has 0 aliphatic rings. The quantitative estimate of drug-likeness (QED) is 0.702. The van der Waals surface area contributed by atoms with Crippen LogP contribution in [-0.2, 0) is 0 Å². The molecule has 1 amide bonds. The number of pyridine rings is 1. The van der Waals surface area contributed by atoms with E-state index in [-0.39, 0.29) is 22.8 Å². The number of aromatic hydroxyl groups is 1. The highest BCUT2D eigenvalue weighted by molar-refractivity contribution is 6.04. The fraction of sp³-hybridized carbons (Fsp3) is 0.0769. The monoisotopic (exact) mass is 244 g/mol. The number of hydrogen-bond donors (Lipinski definition) is 3. The van der Waals surface area contributed by atoms with Crippen LogP contribution in [0.1, 0.15) is 15.9 Å². The summed E-state index contributed by atoms with van der Waals surface area (Å²) >= 11 is 0. The predicted molar refractivity (Wildman–Crippen MR) is 67.9 cm³/mol. The Morgan fingerprint density at radius 1 is 1.28 bits per heavy atom. The number of anilines is 1.